The summed E-state index contributed by atoms with van der Waals surface area (Å²) in [5.74, 6) is -0.744. The fourth-order valence-electron chi connectivity index (χ4n) is 5.45. The van der Waals surface area contributed by atoms with Gasteiger partial charge in [0.15, 0.2) is 0 Å². The van der Waals surface area contributed by atoms with Gasteiger partial charge in [0.05, 0.1) is 27.1 Å². The first-order valence-corrected chi connectivity index (χ1v) is 16.9. The molecular formula is C33H27FN4O6S2. The summed E-state index contributed by atoms with van der Waals surface area (Å²) in [6.45, 7) is 0. The molecule has 1 unspecified atom stereocenters. The summed E-state index contributed by atoms with van der Waals surface area (Å²) in [6, 6.07) is 28.6. The molecular weight excluding hydrogens is 632 g/mol. The van der Waals surface area contributed by atoms with E-state index in [9.17, 15) is 30.6 Å². The summed E-state index contributed by atoms with van der Waals surface area (Å²) >= 11 is 0. The van der Waals surface area contributed by atoms with Crippen LogP contribution in [0.3, 0.4) is 0 Å². The number of amides is 1. The van der Waals surface area contributed by atoms with Crippen molar-refractivity contribution in [2.45, 2.75) is 22.3 Å². The third-order valence-electron chi connectivity index (χ3n) is 7.85. The van der Waals surface area contributed by atoms with Crippen molar-refractivity contribution >= 4 is 54.0 Å². The Balaban J connectivity index is 1.25. The Morgan fingerprint density at radius 1 is 0.870 bits per heavy atom. The largest absolute Gasteiger partial charge is 0.506 e. The van der Waals surface area contributed by atoms with Crippen molar-refractivity contribution < 1.29 is 30.6 Å². The van der Waals surface area contributed by atoms with Gasteiger partial charge in [-0.2, -0.15) is 26.8 Å². The third-order valence-corrected chi connectivity index (χ3v) is 9.89. The molecule has 0 spiro atoms. The molecule has 13 heteroatoms. The number of nitrogens with zero attached hydrogens (tertiary/aromatic N) is 2. The van der Waals surface area contributed by atoms with E-state index in [0.717, 1.165) is 23.1 Å². The second-order valence-corrected chi connectivity index (χ2v) is 13.7. The monoisotopic (exact) mass is 658 g/mol. The van der Waals surface area contributed by atoms with Crippen molar-refractivity contribution in [2.24, 2.45) is 5.10 Å². The number of carbonyl (C=O) groups is 1. The first-order chi connectivity index (χ1) is 21.9. The van der Waals surface area contributed by atoms with Crippen LogP contribution < -0.4 is 15.0 Å². The summed E-state index contributed by atoms with van der Waals surface area (Å²) in [6.07, 6.45) is 0.193. The van der Waals surface area contributed by atoms with Gasteiger partial charge in [0.1, 0.15) is 5.75 Å². The summed E-state index contributed by atoms with van der Waals surface area (Å²) in [7, 11) is -7.44. The minimum absolute atomic E-state index is 0.0591. The molecule has 1 aliphatic rings. The fraction of sp³-hybridized carbons (Fsp3) is 0.0909. The van der Waals surface area contributed by atoms with Crippen molar-refractivity contribution in [1.82, 2.24) is 4.83 Å². The van der Waals surface area contributed by atoms with Gasteiger partial charge in [0, 0.05) is 35.8 Å². The second kappa shape index (κ2) is 11.9. The van der Waals surface area contributed by atoms with Gasteiger partial charge in [0.2, 0.25) is 0 Å². The van der Waals surface area contributed by atoms with Gasteiger partial charge in [-0.1, -0.05) is 60.7 Å². The van der Waals surface area contributed by atoms with Gasteiger partial charge in [-0.25, -0.2) is 0 Å². The van der Waals surface area contributed by atoms with Crippen LogP contribution >= 0.6 is 0 Å². The number of nitrogens with one attached hydrogen (secondary N) is 2. The molecule has 0 aromatic heterocycles. The van der Waals surface area contributed by atoms with E-state index in [2.05, 4.69) is 15.2 Å². The number of phenols is 1. The Bertz CT molecular complexity index is 2230. The van der Waals surface area contributed by atoms with Crippen LogP contribution in [0.1, 0.15) is 33.9 Å². The van der Waals surface area contributed by atoms with E-state index >= 15 is 0 Å². The zero-order valence-electron chi connectivity index (χ0n) is 24.3. The maximum atomic E-state index is 13.9. The minimum atomic E-state index is -5.03. The molecule has 46 heavy (non-hydrogen) atoms. The number of anilines is 2. The van der Waals surface area contributed by atoms with E-state index < -0.39 is 31.0 Å². The van der Waals surface area contributed by atoms with Gasteiger partial charge >= 0.3 is 10.2 Å². The number of benzene rings is 5. The number of hydrogen-bond donors (Lipinski definition) is 3. The van der Waals surface area contributed by atoms with Crippen LogP contribution in [-0.4, -0.2) is 40.6 Å². The predicted octanol–water partition coefficient (Wildman–Crippen LogP) is 5.72. The van der Waals surface area contributed by atoms with E-state index in [1.54, 1.807) is 18.2 Å². The van der Waals surface area contributed by atoms with E-state index in [-0.39, 0.29) is 45.6 Å². The van der Waals surface area contributed by atoms with Crippen molar-refractivity contribution in [3.05, 3.63) is 126 Å². The number of hydrogen-bond acceptors (Lipinski definition) is 8. The second-order valence-electron chi connectivity index (χ2n) is 10.7. The van der Waals surface area contributed by atoms with E-state index in [4.69, 9.17) is 0 Å². The molecule has 0 radical (unpaired) electrons. The van der Waals surface area contributed by atoms with Crippen LogP contribution in [0.2, 0.25) is 0 Å². The molecule has 1 atom stereocenters. The topological polar surface area (TPSA) is 145 Å². The lowest BCUT2D eigenvalue weighted by Crippen LogP contribution is -2.34. The zero-order chi connectivity index (χ0) is 32.6. The van der Waals surface area contributed by atoms with Crippen molar-refractivity contribution in [1.29, 1.82) is 0 Å². The quantitative estimate of drug-likeness (QED) is 0.150. The number of sulfonamides is 1. The number of phenolic OH excluding ortho intramolecular Hbond substituents is 1. The Morgan fingerprint density at radius 3 is 2.26 bits per heavy atom. The molecule has 1 heterocycles. The molecule has 234 valence electrons. The standard InChI is InChI=1S/C33H27FN4O6S2/c1-38-30-18-16-25(45(34,41)42)19-28(30)29(20-31(38)22-8-3-2-4-9-22)36-37-46(43,44)24-14-12-23(13-15-24)35-33(40)27-17-11-21-7-5-6-10-26(21)32(27)39/h2-19,31,37,39H,20H2,1H3,(H,35,40). The summed E-state index contributed by atoms with van der Waals surface area (Å²) in [5, 5.41) is 18.8. The van der Waals surface area contributed by atoms with E-state index in [1.807, 2.05) is 54.4 Å². The summed E-state index contributed by atoms with van der Waals surface area (Å²) < 4.78 is 63.7. The van der Waals surface area contributed by atoms with Crippen molar-refractivity contribution in [3.8, 4) is 5.75 Å². The maximum Gasteiger partial charge on any atom is 0.332 e. The van der Waals surface area contributed by atoms with Gasteiger partial charge in [-0.3, -0.25) is 4.79 Å². The highest BCUT2D eigenvalue weighted by Crippen LogP contribution is 2.39. The first-order valence-electron chi connectivity index (χ1n) is 14.0. The fourth-order valence-corrected chi connectivity index (χ4v) is 6.77. The van der Waals surface area contributed by atoms with Crippen LogP contribution in [0.5, 0.6) is 5.75 Å². The predicted molar refractivity (Wildman–Crippen MR) is 174 cm³/mol. The summed E-state index contributed by atoms with van der Waals surface area (Å²) in [5.41, 5.74) is 2.30. The van der Waals surface area contributed by atoms with Crippen LogP contribution in [0, 0.1) is 0 Å². The van der Waals surface area contributed by atoms with Gasteiger partial charge < -0.3 is 15.3 Å². The summed E-state index contributed by atoms with van der Waals surface area (Å²) in [4.78, 5) is 16.3. The van der Waals surface area contributed by atoms with Crippen molar-refractivity contribution in [3.63, 3.8) is 0 Å². The first kappa shape index (κ1) is 30.7. The zero-order valence-corrected chi connectivity index (χ0v) is 25.9. The van der Waals surface area contributed by atoms with Crippen LogP contribution in [-0.2, 0) is 20.2 Å². The number of carbonyl (C=O) groups excluding carboxylic acids is 1. The highest BCUT2D eigenvalue weighted by molar-refractivity contribution is 7.89. The molecule has 1 aliphatic heterocycles. The molecule has 3 N–H and O–H groups in total. The van der Waals surface area contributed by atoms with Crippen LogP contribution in [0.15, 0.2) is 124 Å². The number of hydrazone groups is 1. The molecule has 0 bridgehead atoms. The Hall–Kier alpha value is -5.27. The van der Waals surface area contributed by atoms with Crippen molar-refractivity contribution in [2.75, 3.05) is 17.3 Å². The molecule has 5 aromatic carbocycles. The average Bonchev–Trinajstić information content (AvgIpc) is 3.05. The smallest absolute Gasteiger partial charge is 0.332 e. The number of fused-ring (bicyclic) bond motifs is 2. The van der Waals surface area contributed by atoms with Gasteiger partial charge in [-0.15, -0.1) is 3.89 Å². The molecule has 0 fully saturated rings. The molecule has 0 saturated carbocycles. The van der Waals surface area contributed by atoms with Crippen LogP contribution in [0.25, 0.3) is 10.8 Å². The maximum absolute atomic E-state index is 13.9. The van der Waals surface area contributed by atoms with E-state index in [1.165, 1.54) is 36.4 Å². The molecule has 6 rings (SSSR count). The number of halogens is 1. The van der Waals surface area contributed by atoms with Gasteiger partial charge in [0.25, 0.3) is 15.9 Å². The normalized spacial score (nSPS) is 15.8. The molecule has 0 aliphatic carbocycles. The Morgan fingerprint density at radius 2 is 1.54 bits per heavy atom. The lowest BCUT2D eigenvalue weighted by atomic mass is 9.90. The average molecular weight is 659 g/mol. The molecule has 10 nitrogen and oxygen atoms in total. The van der Waals surface area contributed by atoms with E-state index in [0.29, 0.717) is 11.1 Å². The molecule has 5 aromatic rings. The van der Waals surface area contributed by atoms with Gasteiger partial charge in [-0.05, 0) is 59.5 Å². The highest BCUT2D eigenvalue weighted by atomic mass is 32.3. The highest BCUT2D eigenvalue weighted by Gasteiger charge is 2.31. The van der Waals surface area contributed by atoms with Crippen LogP contribution in [0.4, 0.5) is 15.3 Å². The molecule has 0 saturated heterocycles. The lowest BCUT2D eigenvalue weighted by Gasteiger charge is -2.37. The number of rotatable bonds is 7. The lowest BCUT2D eigenvalue weighted by molar-refractivity contribution is 0.102. The number of aromatic hydroxyl groups is 1. The minimum Gasteiger partial charge on any atom is -0.506 e. The SMILES string of the molecule is CN1c2ccc(S(=O)(=O)F)cc2C(=NNS(=O)(=O)c2ccc(NC(=O)c3ccc4ccccc4c3O)cc2)CC1c1ccccc1. The third kappa shape index (κ3) is 6.02. The Labute approximate surface area is 265 Å². The molecule has 1 amide bonds. The Kier molecular flexibility index (Phi) is 7.96.